The molecule has 0 heterocycles. The maximum atomic E-state index is 11.8. The number of hydrogen-bond donors (Lipinski definition) is 3. The molecule has 0 atom stereocenters. The predicted molar refractivity (Wildman–Crippen MR) is 66.9 cm³/mol. The van der Waals surface area contributed by atoms with Crippen LogP contribution in [0.3, 0.4) is 0 Å². The Morgan fingerprint density at radius 1 is 1.12 bits per heavy atom. The number of aromatic hydroxyl groups is 1. The van der Waals surface area contributed by atoms with Crippen molar-refractivity contribution in [2.45, 2.75) is 0 Å². The Balaban J connectivity index is 2.19. The first-order chi connectivity index (χ1) is 8.16. The number of phenolic OH excluding ortho intramolecular Hbond substituents is 1. The molecule has 1 amide bonds. The van der Waals surface area contributed by atoms with Gasteiger partial charge >= 0.3 is 0 Å². The van der Waals surface area contributed by atoms with E-state index in [1.165, 1.54) is 12.1 Å². The quantitative estimate of drug-likeness (QED) is 0.545. The van der Waals surface area contributed by atoms with E-state index >= 15 is 0 Å². The van der Waals surface area contributed by atoms with E-state index in [9.17, 15) is 9.90 Å². The van der Waals surface area contributed by atoms with Crippen molar-refractivity contribution in [3.63, 3.8) is 0 Å². The zero-order chi connectivity index (χ0) is 12.3. The molecule has 17 heavy (non-hydrogen) atoms. The number of nitrogens with two attached hydrogens (primary N) is 1. The van der Waals surface area contributed by atoms with Crippen molar-refractivity contribution < 1.29 is 9.90 Å². The van der Waals surface area contributed by atoms with E-state index in [-0.39, 0.29) is 11.7 Å². The molecule has 2 aromatic carbocycles. The largest absolute Gasteiger partial charge is 0.508 e. The fraction of sp³-hybridized carbons (Fsp3) is 0. The third-order valence-electron chi connectivity index (χ3n) is 2.32. The monoisotopic (exact) mass is 228 g/mol. The van der Waals surface area contributed by atoms with Gasteiger partial charge in [0.25, 0.3) is 5.91 Å². The molecule has 2 rings (SSSR count). The third kappa shape index (κ3) is 2.55. The number of phenols is 1. The number of benzene rings is 2. The minimum absolute atomic E-state index is 0.0696. The Hall–Kier alpha value is -2.49. The molecular formula is C13H12N2O2. The molecule has 0 aliphatic heterocycles. The molecule has 2 aromatic rings. The van der Waals surface area contributed by atoms with Gasteiger partial charge < -0.3 is 16.2 Å². The minimum atomic E-state index is -0.233. The standard InChI is InChI=1S/C13H12N2O2/c14-11-8-10(16)6-7-12(11)15-13(17)9-4-2-1-3-5-9/h1-8,16H,14H2,(H,15,17). The number of hydrogen-bond acceptors (Lipinski definition) is 3. The van der Waals surface area contributed by atoms with E-state index in [0.29, 0.717) is 16.9 Å². The summed E-state index contributed by atoms with van der Waals surface area (Å²) in [4.78, 5) is 11.8. The van der Waals surface area contributed by atoms with Crippen LogP contribution in [0.2, 0.25) is 0 Å². The molecule has 0 spiro atoms. The lowest BCUT2D eigenvalue weighted by atomic mass is 10.2. The minimum Gasteiger partial charge on any atom is -0.508 e. The summed E-state index contributed by atoms with van der Waals surface area (Å²) in [6.45, 7) is 0. The average molecular weight is 228 g/mol. The molecule has 0 bridgehead atoms. The van der Waals surface area contributed by atoms with Gasteiger partial charge in [-0.1, -0.05) is 18.2 Å². The zero-order valence-corrected chi connectivity index (χ0v) is 9.05. The van der Waals surface area contributed by atoms with Crippen LogP contribution in [0.15, 0.2) is 48.5 Å². The fourth-order valence-electron chi connectivity index (χ4n) is 1.45. The van der Waals surface area contributed by atoms with Crippen LogP contribution in [0.4, 0.5) is 11.4 Å². The lowest BCUT2D eigenvalue weighted by Gasteiger charge is -2.08. The molecule has 0 aliphatic rings. The molecule has 0 saturated heterocycles. The first-order valence-corrected chi connectivity index (χ1v) is 5.12. The molecule has 0 aliphatic carbocycles. The number of anilines is 2. The lowest BCUT2D eigenvalue weighted by Crippen LogP contribution is -2.12. The Kier molecular flexibility index (Phi) is 2.96. The summed E-state index contributed by atoms with van der Waals surface area (Å²) in [5, 5.41) is 11.9. The van der Waals surface area contributed by atoms with E-state index < -0.39 is 0 Å². The first-order valence-electron chi connectivity index (χ1n) is 5.12. The number of carbonyl (C=O) groups is 1. The lowest BCUT2D eigenvalue weighted by molar-refractivity contribution is 0.102. The van der Waals surface area contributed by atoms with Gasteiger partial charge in [0.15, 0.2) is 0 Å². The Labute approximate surface area is 98.7 Å². The van der Waals surface area contributed by atoms with Gasteiger partial charge in [-0.15, -0.1) is 0 Å². The van der Waals surface area contributed by atoms with Crippen molar-refractivity contribution in [2.75, 3.05) is 11.1 Å². The van der Waals surface area contributed by atoms with Crippen molar-refractivity contribution in [3.8, 4) is 5.75 Å². The van der Waals surface area contributed by atoms with Gasteiger partial charge in [-0.3, -0.25) is 4.79 Å². The van der Waals surface area contributed by atoms with Crippen LogP contribution in [0.5, 0.6) is 5.75 Å². The van der Waals surface area contributed by atoms with Crippen molar-refractivity contribution in [1.29, 1.82) is 0 Å². The highest BCUT2D eigenvalue weighted by Crippen LogP contribution is 2.23. The zero-order valence-electron chi connectivity index (χ0n) is 9.05. The molecule has 0 saturated carbocycles. The second-order valence-electron chi connectivity index (χ2n) is 3.59. The number of nitrogen functional groups attached to an aromatic ring is 1. The molecule has 0 radical (unpaired) electrons. The molecule has 4 N–H and O–H groups in total. The molecule has 0 aromatic heterocycles. The number of nitrogens with one attached hydrogen (secondary N) is 1. The van der Waals surface area contributed by atoms with Crippen LogP contribution in [-0.4, -0.2) is 11.0 Å². The van der Waals surface area contributed by atoms with Crippen LogP contribution >= 0.6 is 0 Å². The van der Waals surface area contributed by atoms with Gasteiger partial charge in [-0.2, -0.15) is 0 Å². The maximum Gasteiger partial charge on any atom is 0.255 e. The van der Waals surface area contributed by atoms with Gasteiger partial charge in [0.1, 0.15) is 5.75 Å². The molecule has 86 valence electrons. The van der Waals surface area contributed by atoms with Crippen LogP contribution < -0.4 is 11.1 Å². The Morgan fingerprint density at radius 2 is 1.82 bits per heavy atom. The van der Waals surface area contributed by atoms with Crippen molar-refractivity contribution in [2.24, 2.45) is 0 Å². The summed E-state index contributed by atoms with van der Waals surface area (Å²) in [6.07, 6.45) is 0. The SMILES string of the molecule is Nc1cc(O)ccc1NC(=O)c1ccccc1. The summed E-state index contributed by atoms with van der Waals surface area (Å²) in [5.74, 6) is -0.164. The highest BCUT2D eigenvalue weighted by atomic mass is 16.3. The van der Waals surface area contributed by atoms with Crippen LogP contribution in [0.25, 0.3) is 0 Å². The normalized spacial score (nSPS) is 9.88. The fourth-order valence-corrected chi connectivity index (χ4v) is 1.45. The predicted octanol–water partition coefficient (Wildman–Crippen LogP) is 2.23. The van der Waals surface area contributed by atoms with Gasteiger partial charge in [0, 0.05) is 11.6 Å². The summed E-state index contributed by atoms with van der Waals surface area (Å²) in [6, 6.07) is 13.3. The van der Waals surface area contributed by atoms with Crippen molar-refractivity contribution >= 4 is 17.3 Å². The number of carbonyl (C=O) groups excluding carboxylic acids is 1. The van der Waals surface area contributed by atoms with E-state index in [1.807, 2.05) is 6.07 Å². The second kappa shape index (κ2) is 4.57. The Bertz CT molecular complexity index is 538. The van der Waals surface area contributed by atoms with Crippen LogP contribution in [0.1, 0.15) is 10.4 Å². The van der Waals surface area contributed by atoms with Crippen LogP contribution in [0, 0.1) is 0 Å². The molecule has 4 nitrogen and oxygen atoms in total. The molecule has 0 unspecified atom stereocenters. The van der Waals surface area contributed by atoms with Gasteiger partial charge in [-0.25, -0.2) is 0 Å². The summed E-state index contributed by atoms with van der Waals surface area (Å²) < 4.78 is 0. The van der Waals surface area contributed by atoms with E-state index in [4.69, 9.17) is 5.73 Å². The van der Waals surface area contributed by atoms with E-state index in [1.54, 1.807) is 30.3 Å². The highest BCUT2D eigenvalue weighted by Gasteiger charge is 2.07. The second-order valence-corrected chi connectivity index (χ2v) is 3.59. The topological polar surface area (TPSA) is 75.3 Å². The Morgan fingerprint density at radius 3 is 2.47 bits per heavy atom. The number of rotatable bonds is 2. The van der Waals surface area contributed by atoms with Crippen molar-refractivity contribution in [3.05, 3.63) is 54.1 Å². The summed E-state index contributed by atoms with van der Waals surface area (Å²) in [5.41, 5.74) is 7.04. The number of amides is 1. The smallest absolute Gasteiger partial charge is 0.255 e. The van der Waals surface area contributed by atoms with Gasteiger partial charge in [0.05, 0.1) is 11.4 Å². The van der Waals surface area contributed by atoms with Gasteiger partial charge in [-0.05, 0) is 24.3 Å². The van der Waals surface area contributed by atoms with E-state index in [0.717, 1.165) is 0 Å². The molecule has 0 fully saturated rings. The molecular weight excluding hydrogens is 216 g/mol. The third-order valence-corrected chi connectivity index (χ3v) is 2.32. The average Bonchev–Trinajstić information content (AvgIpc) is 2.34. The van der Waals surface area contributed by atoms with Gasteiger partial charge in [0.2, 0.25) is 0 Å². The summed E-state index contributed by atoms with van der Waals surface area (Å²) >= 11 is 0. The first kappa shape index (κ1) is 11.0. The van der Waals surface area contributed by atoms with Crippen LogP contribution in [-0.2, 0) is 0 Å². The van der Waals surface area contributed by atoms with Crippen molar-refractivity contribution in [1.82, 2.24) is 0 Å². The molecule has 4 heteroatoms. The summed E-state index contributed by atoms with van der Waals surface area (Å²) in [7, 11) is 0. The maximum absolute atomic E-state index is 11.8. The highest BCUT2D eigenvalue weighted by molar-refractivity contribution is 6.05. The van der Waals surface area contributed by atoms with E-state index in [2.05, 4.69) is 5.32 Å².